The lowest BCUT2D eigenvalue weighted by Gasteiger charge is -2.15. The van der Waals surface area contributed by atoms with Gasteiger partial charge in [0.1, 0.15) is 5.41 Å². The number of carbonyl (C=O) groups is 2. The Balaban J connectivity index is 1.49. The van der Waals surface area contributed by atoms with E-state index in [0.717, 1.165) is 11.1 Å². The standard InChI is InChI=1S/C19H19Cl2N3O2/c20-15-4-3-14(16(21)10-15)5-9-23-17(25)19(6-7-19)18(26)24-12-13-2-1-8-22-11-13/h1-4,8,10-11H,5-7,9,12H2,(H,23,25)(H,24,26). The number of carbonyl (C=O) groups excluding carboxylic acids is 2. The first-order valence-electron chi connectivity index (χ1n) is 8.41. The number of nitrogens with one attached hydrogen (secondary N) is 2. The van der Waals surface area contributed by atoms with Crippen molar-refractivity contribution in [2.75, 3.05) is 6.54 Å². The van der Waals surface area contributed by atoms with Gasteiger partial charge in [-0.1, -0.05) is 35.3 Å². The SMILES string of the molecule is O=C(NCCc1ccc(Cl)cc1Cl)C1(C(=O)NCc2cccnc2)CC1. The van der Waals surface area contributed by atoms with Crippen LogP contribution in [0.2, 0.25) is 10.0 Å². The van der Waals surface area contributed by atoms with E-state index in [9.17, 15) is 9.59 Å². The summed E-state index contributed by atoms with van der Waals surface area (Å²) >= 11 is 12.0. The van der Waals surface area contributed by atoms with Gasteiger partial charge in [0.2, 0.25) is 11.8 Å². The number of nitrogens with zero attached hydrogens (tertiary/aromatic N) is 1. The van der Waals surface area contributed by atoms with Gasteiger partial charge in [0.25, 0.3) is 0 Å². The molecule has 0 spiro atoms. The number of hydrogen-bond donors (Lipinski definition) is 2. The largest absolute Gasteiger partial charge is 0.355 e. The third-order valence-electron chi connectivity index (χ3n) is 4.49. The molecule has 2 aromatic rings. The van der Waals surface area contributed by atoms with Crippen LogP contribution in [0, 0.1) is 5.41 Å². The first kappa shape index (κ1) is 18.7. The number of benzene rings is 1. The van der Waals surface area contributed by atoms with E-state index in [1.165, 1.54) is 0 Å². The Kier molecular flexibility index (Phi) is 5.79. The molecule has 0 saturated heterocycles. The topological polar surface area (TPSA) is 71.1 Å². The second-order valence-corrected chi connectivity index (χ2v) is 7.21. The highest BCUT2D eigenvalue weighted by Gasteiger charge is 2.56. The Morgan fingerprint density at radius 1 is 1.12 bits per heavy atom. The van der Waals surface area contributed by atoms with Crippen LogP contribution in [-0.4, -0.2) is 23.3 Å². The minimum Gasteiger partial charge on any atom is -0.355 e. The van der Waals surface area contributed by atoms with Crippen molar-refractivity contribution in [1.29, 1.82) is 0 Å². The molecule has 1 aromatic heterocycles. The zero-order chi connectivity index (χ0) is 18.6. The highest BCUT2D eigenvalue weighted by molar-refractivity contribution is 6.35. The Labute approximate surface area is 162 Å². The lowest BCUT2D eigenvalue weighted by molar-refractivity contribution is -0.137. The highest BCUT2D eigenvalue weighted by Crippen LogP contribution is 2.46. The van der Waals surface area contributed by atoms with E-state index in [2.05, 4.69) is 15.6 Å². The smallest absolute Gasteiger partial charge is 0.235 e. The van der Waals surface area contributed by atoms with E-state index in [4.69, 9.17) is 23.2 Å². The number of halogens is 2. The monoisotopic (exact) mass is 391 g/mol. The summed E-state index contributed by atoms with van der Waals surface area (Å²) in [4.78, 5) is 28.9. The third kappa shape index (κ3) is 4.34. The van der Waals surface area contributed by atoms with Gasteiger partial charge in [-0.25, -0.2) is 0 Å². The summed E-state index contributed by atoms with van der Waals surface area (Å²) in [7, 11) is 0. The van der Waals surface area contributed by atoms with Gasteiger partial charge in [0.05, 0.1) is 0 Å². The molecule has 2 amide bonds. The van der Waals surface area contributed by atoms with Crippen molar-refractivity contribution in [3.05, 3.63) is 63.9 Å². The number of pyridine rings is 1. The maximum atomic E-state index is 12.5. The molecule has 1 aliphatic rings. The second kappa shape index (κ2) is 8.06. The van der Waals surface area contributed by atoms with E-state index < -0.39 is 5.41 Å². The van der Waals surface area contributed by atoms with Gasteiger partial charge in [-0.3, -0.25) is 14.6 Å². The summed E-state index contributed by atoms with van der Waals surface area (Å²) in [6.45, 7) is 0.778. The van der Waals surface area contributed by atoms with Crippen molar-refractivity contribution in [1.82, 2.24) is 15.6 Å². The molecule has 3 rings (SSSR count). The van der Waals surface area contributed by atoms with Crippen LogP contribution in [-0.2, 0) is 22.6 Å². The molecule has 1 aromatic carbocycles. The van der Waals surface area contributed by atoms with Crippen LogP contribution in [0.25, 0.3) is 0 Å². The normalized spacial score (nSPS) is 14.5. The van der Waals surface area contributed by atoms with Crippen LogP contribution in [0.15, 0.2) is 42.7 Å². The Hall–Kier alpha value is -2.11. The summed E-state index contributed by atoms with van der Waals surface area (Å²) < 4.78 is 0. The zero-order valence-corrected chi connectivity index (χ0v) is 15.6. The number of rotatable bonds is 7. The molecule has 1 heterocycles. The maximum absolute atomic E-state index is 12.5. The van der Waals surface area contributed by atoms with Gasteiger partial charge < -0.3 is 10.6 Å². The Morgan fingerprint density at radius 3 is 2.54 bits per heavy atom. The van der Waals surface area contributed by atoms with Gasteiger partial charge in [0.15, 0.2) is 0 Å². The van der Waals surface area contributed by atoms with Gasteiger partial charge in [-0.05, 0) is 48.6 Å². The van der Waals surface area contributed by atoms with Gasteiger partial charge in [0, 0.05) is 35.5 Å². The molecule has 2 N–H and O–H groups in total. The van der Waals surface area contributed by atoms with Crippen molar-refractivity contribution in [3.63, 3.8) is 0 Å². The van der Waals surface area contributed by atoms with Crippen molar-refractivity contribution >= 4 is 35.0 Å². The van der Waals surface area contributed by atoms with Crippen LogP contribution < -0.4 is 10.6 Å². The van der Waals surface area contributed by atoms with Crippen molar-refractivity contribution < 1.29 is 9.59 Å². The van der Waals surface area contributed by atoms with Crippen LogP contribution in [0.4, 0.5) is 0 Å². The van der Waals surface area contributed by atoms with Gasteiger partial charge in [-0.2, -0.15) is 0 Å². The molecule has 0 atom stereocenters. The fraction of sp³-hybridized carbons (Fsp3) is 0.316. The molecule has 26 heavy (non-hydrogen) atoms. The first-order chi connectivity index (χ1) is 12.5. The molecule has 5 nitrogen and oxygen atoms in total. The molecular formula is C19H19Cl2N3O2. The van der Waals surface area contributed by atoms with E-state index in [1.807, 2.05) is 18.2 Å². The Morgan fingerprint density at radius 2 is 1.88 bits per heavy atom. The van der Waals surface area contributed by atoms with Gasteiger partial charge in [-0.15, -0.1) is 0 Å². The van der Waals surface area contributed by atoms with Crippen LogP contribution in [0.1, 0.15) is 24.0 Å². The van der Waals surface area contributed by atoms with Crippen molar-refractivity contribution in [3.8, 4) is 0 Å². The predicted molar refractivity (Wildman–Crippen MR) is 101 cm³/mol. The lowest BCUT2D eigenvalue weighted by Crippen LogP contribution is -2.43. The summed E-state index contributed by atoms with van der Waals surface area (Å²) in [6, 6.07) is 8.96. The molecule has 0 bridgehead atoms. The summed E-state index contributed by atoms with van der Waals surface area (Å²) in [5, 5.41) is 6.83. The number of amides is 2. The van der Waals surface area contributed by atoms with Crippen molar-refractivity contribution in [2.24, 2.45) is 5.41 Å². The highest BCUT2D eigenvalue weighted by atomic mass is 35.5. The van der Waals surface area contributed by atoms with Crippen LogP contribution in [0.5, 0.6) is 0 Å². The molecule has 1 saturated carbocycles. The van der Waals surface area contributed by atoms with Crippen LogP contribution >= 0.6 is 23.2 Å². The minimum atomic E-state index is -0.938. The first-order valence-corrected chi connectivity index (χ1v) is 9.16. The van der Waals surface area contributed by atoms with E-state index >= 15 is 0 Å². The van der Waals surface area contributed by atoms with E-state index in [0.29, 0.717) is 42.4 Å². The van der Waals surface area contributed by atoms with Crippen molar-refractivity contribution in [2.45, 2.75) is 25.8 Å². The average Bonchev–Trinajstić information content (AvgIpc) is 3.44. The molecular weight excluding hydrogens is 373 g/mol. The van der Waals surface area contributed by atoms with Crippen LogP contribution in [0.3, 0.4) is 0 Å². The average molecular weight is 392 g/mol. The van der Waals surface area contributed by atoms with Gasteiger partial charge >= 0.3 is 0 Å². The second-order valence-electron chi connectivity index (χ2n) is 6.37. The molecule has 0 radical (unpaired) electrons. The maximum Gasteiger partial charge on any atom is 0.235 e. The Bertz CT molecular complexity index is 808. The predicted octanol–water partition coefficient (Wildman–Crippen LogP) is 3.14. The summed E-state index contributed by atoms with van der Waals surface area (Å²) in [5.41, 5.74) is 0.864. The van der Waals surface area contributed by atoms with E-state index in [1.54, 1.807) is 24.5 Å². The third-order valence-corrected chi connectivity index (χ3v) is 5.08. The minimum absolute atomic E-state index is 0.230. The number of aromatic nitrogens is 1. The fourth-order valence-electron chi connectivity index (χ4n) is 2.74. The fourth-order valence-corrected chi connectivity index (χ4v) is 3.24. The summed E-state index contributed by atoms with van der Waals surface area (Å²) in [5.74, 6) is -0.463. The molecule has 0 aliphatic heterocycles. The molecule has 7 heteroatoms. The zero-order valence-electron chi connectivity index (χ0n) is 14.1. The summed E-state index contributed by atoms with van der Waals surface area (Å²) in [6.07, 6.45) is 5.08. The molecule has 0 unspecified atom stereocenters. The quantitative estimate of drug-likeness (QED) is 0.712. The molecule has 1 aliphatic carbocycles. The molecule has 1 fully saturated rings. The number of hydrogen-bond acceptors (Lipinski definition) is 3. The molecule has 136 valence electrons. The van der Waals surface area contributed by atoms with E-state index in [-0.39, 0.29) is 11.8 Å². The lowest BCUT2D eigenvalue weighted by atomic mass is 10.0.